The van der Waals surface area contributed by atoms with Crippen LogP contribution in [0.1, 0.15) is 25.8 Å². The minimum absolute atomic E-state index is 0.367. The topological polar surface area (TPSA) is 64.1 Å². The molecule has 0 saturated heterocycles. The number of nitrogens with one attached hydrogen (secondary N) is 1. The van der Waals surface area contributed by atoms with Crippen LogP contribution in [0.15, 0.2) is 42.5 Å². The van der Waals surface area contributed by atoms with E-state index in [-0.39, 0.29) is 0 Å². The van der Waals surface area contributed by atoms with Gasteiger partial charge in [-0.15, -0.1) is 0 Å². The maximum Gasteiger partial charge on any atom is 0.0894 e. The molecule has 2 rings (SSSR count). The van der Waals surface area contributed by atoms with E-state index in [0.717, 1.165) is 12.1 Å². The fourth-order valence-electron chi connectivity index (χ4n) is 2.19. The van der Waals surface area contributed by atoms with Gasteiger partial charge in [0.1, 0.15) is 0 Å². The van der Waals surface area contributed by atoms with Gasteiger partial charge in [-0.2, -0.15) is 0 Å². The molecule has 0 amide bonds. The van der Waals surface area contributed by atoms with Crippen molar-refractivity contribution in [2.24, 2.45) is 5.73 Å². The first kappa shape index (κ1) is 12.9. The predicted octanol–water partition coefficient (Wildman–Crippen LogP) is 2.27. The second-order valence-electron chi connectivity index (χ2n) is 5.16. The minimum atomic E-state index is -0.425. The fourth-order valence-corrected chi connectivity index (χ4v) is 2.19. The van der Waals surface area contributed by atoms with E-state index in [9.17, 15) is 0 Å². The third-order valence-electron chi connectivity index (χ3n) is 3.02. The fraction of sp³-hybridized carbons (Fsp3) is 0.333. The highest BCUT2D eigenvalue weighted by Crippen LogP contribution is 2.25. The molecule has 96 valence electrons. The van der Waals surface area contributed by atoms with Crippen LogP contribution >= 0.6 is 0 Å². The van der Waals surface area contributed by atoms with Crippen molar-refractivity contribution in [3.8, 4) is 0 Å². The average molecular weight is 243 g/mol. The zero-order valence-electron chi connectivity index (χ0n) is 11.0. The van der Waals surface area contributed by atoms with Crippen molar-refractivity contribution in [1.82, 2.24) is 5.32 Å². The second kappa shape index (κ2) is 4.96. The Balaban J connectivity index is 2.12. The van der Waals surface area contributed by atoms with Crippen molar-refractivity contribution in [2.75, 3.05) is 5.73 Å². The standard InChI is InChI=1S/C15H21N3/c1-11(2)18-15(17)9-7-13(8-10-15)12-3-5-14(16)6-4-12/h3-9,11,18H,10,16-17H2,1-2H3. The Morgan fingerprint density at radius 3 is 2.39 bits per heavy atom. The van der Waals surface area contributed by atoms with Gasteiger partial charge in [0, 0.05) is 18.2 Å². The van der Waals surface area contributed by atoms with Gasteiger partial charge in [-0.1, -0.05) is 24.3 Å². The molecule has 1 aromatic carbocycles. The van der Waals surface area contributed by atoms with E-state index in [2.05, 4.69) is 31.3 Å². The number of rotatable bonds is 3. The summed E-state index contributed by atoms with van der Waals surface area (Å²) < 4.78 is 0. The molecule has 18 heavy (non-hydrogen) atoms. The summed E-state index contributed by atoms with van der Waals surface area (Å²) in [5.41, 5.74) is 14.7. The molecule has 0 spiro atoms. The molecule has 0 aliphatic heterocycles. The molecule has 0 radical (unpaired) electrons. The van der Waals surface area contributed by atoms with Gasteiger partial charge in [0.25, 0.3) is 0 Å². The van der Waals surface area contributed by atoms with E-state index < -0.39 is 5.66 Å². The number of nitrogens with two attached hydrogens (primary N) is 2. The van der Waals surface area contributed by atoms with Gasteiger partial charge in [0.15, 0.2) is 0 Å². The highest BCUT2D eigenvalue weighted by Gasteiger charge is 2.23. The van der Waals surface area contributed by atoms with Gasteiger partial charge in [0.2, 0.25) is 0 Å². The molecule has 1 aromatic rings. The van der Waals surface area contributed by atoms with Gasteiger partial charge in [-0.3, -0.25) is 5.32 Å². The highest BCUT2D eigenvalue weighted by atomic mass is 15.1. The van der Waals surface area contributed by atoms with Crippen LogP contribution in [0.4, 0.5) is 5.69 Å². The molecule has 1 aliphatic carbocycles. The summed E-state index contributed by atoms with van der Waals surface area (Å²) in [6.45, 7) is 4.20. The van der Waals surface area contributed by atoms with E-state index in [0.29, 0.717) is 6.04 Å². The van der Waals surface area contributed by atoms with E-state index in [1.165, 1.54) is 11.1 Å². The molecule has 3 nitrogen and oxygen atoms in total. The largest absolute Gasteiger partial charge is 0.399 e. The van der Waals surface area contributed by atoms with Crippen molar-refractivity contribution in [1.29, 1.82) is 0 Å². The molecule has 0 heterocycles. The van der Waals surface area contributed by atoms with Crippen molar-refractivity contribution in [3.63, 3.8) is 0 Å². The molecular weight excluding hydrogens is 222 g/mol. The SMILES string of the molecule is CC(C)NC1(N)C=CC(c2ccc(N)cc2)=CC1. The van der Waals surface area contributed by atoms with Crippen LogP contribution in [0.2, 0.25) is 0 Å². The maximum absolute atomic E-state index is 6.26. The number of hydrogen-bond donors (Lipinski definition) is 3. The molecule has 1 aliphatic rings. The number of nitrogen functional groups attached to an aromatic ring is 1. The van der Waals surface area contributed by atoms with E-state index in [1.54, 1.807) is 0 Å². The Morgan fingerprint density at radius 2 is 1.89 bits per heavy atom. The lowest BCUT2D eigenvalue weighted by atomic mass is 9.93. The molecule has 3 heteroatoms. The van der Waals surface area contributed by atoms with Crippen LogP contribution < -0.4 is 16.8 Å². The lowest BCUT2D eigenvalue weighted by Gasteiger charge is -2.31. The highest BCUT2D eigenvalue weighted by molar-refractivity contribution is 5.76. The first-order valence-electron chi connectivity index (χ1n) is 6.30. The van der Waals surface area contributed by atoms with Gasteiger partial charge < -0.3 is 11.5 Å². The van der Waals surface area contributed by atoms with Crippen LogP contribution in [0, 0.1) is 0 Å². The molecule has 1 atom stereocenters. The van der Waals surface area contributed by atoms with Crippen LogP contribution in [-0.4, -0.2) is 11.7 Å². The summed E-state index contributed by atoms with van der Waals surface area (Å²) in [5, 5.41) is 3.37. The summed E-state index contributed by atoms with van der Waals surface area (Å²) in [7, 11) is 0. The quantitative estimate of drug-likeness (QED) is 0.563. The second-order valence-corrected chi connectivity index (χ2v) is 5.16. The zero-order valence-corrected chi connectivity index (χ0v) is 11.0. The van der Waals surface area contributed by atoms with Gasteiger partial charge in [-0.05, 0) is 43.2 Å². The lowest BCUT2D eigenvalue weighted by Crippen LogP contribution is -2.54. The monoisotopic (exact) mass is 243 g/mol. The third-order valence-corrected chi connectivity index (χ3v) is 3.02. The van der Waals surface area contributed by atoms with Crippen molar-refractivity contribution >= 4 is 11.3 Å². The molecule has 0 saturated carbocycles. The maximum atomic E-state index is 6.26. The van der Waals surface area contributed by atoms with Gasteiger partial charge in [-0.25, -0.2) is 0 Å². The molecular formula is C15H21N3. The molecule has 0 aromatic heterocycles. The Morgan fingerprint density at radius 1 is 1.22 bits per heavy atom. The van der Waals surface area contributed by atoms with Crippen LogP contribution in [0.5, 0.6) is 0 Å². The van der Waals surface area contributed by atoms with Gasteiger partial charge >= 0.3 is 0 Å². The molecule has 0 bridgehead atoms. The van der Waals surface area contributed by atoms with Crippen LogP contribution in [-0.2, 0) is 0 Å². The van der Waals surface area contributed by atoms with E-state index >= 15 is 0 Å². The van der Waals surface area contributed by atoms with E-state index in [1.807, 2.05) is 30.3 Å². The first-order valence-corrected chi connectivity index (χ1v) is 6.30. The Bertz CT molecular complexity index is 471. The average Bonchev–Trinajstić information content (AvgIpc) is 2.30. The van der Waals surface area contributed by atoms with E-state index in [4.69, 9.17) is 11.5 Å². The smallest absolute Gasteiger partial charge is 0.0894 e. The number of allylic oxidation sites excluding steroid dienone is 2. The summed E-state index contributed by atoms with van der Waals surface area (Å²) in [4.78, 5) is 0. The predicted molar refractivity (Wildman–Crippen MR) is 77.8 cm³/mol. The summed E-state index contributed by atoms with van der Waals surface area (Å²) in [6, 6.07) is 8.27. The molecule has 1 unspecified atom stereocenters. The summed E-state index contributed by atoms with van der Waals surface area (Å²) in [5.74, 6) is 0. The summed E-state index contributed by atoms with van der Waals surface area (Å²) >= 11 is 0. The van der Waals surface area contributed by atoms with Gasteiger partial charge in [0.05, 0.1) is 5.66 Å². The Labute approximate surface area is 109 Å². The molecule has 0 fully saturated rings. The van der Waals surface area contributed by atoms with Crippen molar-refractivity contribution in [3.05, 3.63) is 48.1 Å². The normalized spacial score (nSPS) is 23.2. The van der Waals surface area contributed by atoms with Crippen LogP contribution in [0.3, 0.4) is 0 Å². The third kappa shape index (κ3) is 3.00. The van der Waals surface area contributed by atoms with Crippen LogP contribution in [0.25, 0.3) is 5.57 Å². The lowest BCUT2D eigenvalue weighted by molar-refractivity contribution is 0.379. The molecule has 5 N–H and O–H groups in total. The number of hydrogen-bond acceptors (Lipinski definition) is 3. The first-order chi connectivity index (χ1) is 8.48. The summed E-state index contributed by atoms with van der Waals surface area (Å²) in [6.07, 6.45) is 7.07. The Hall–Kier alpha value is -1.58. The van der Waals surface area contributed by atoms with Crippen molar-refractivity contribution < 1.29 is 0 Å². The Kier molecular flexibility index (Phi) is 3.55. The van der Waals surface area contributed by atoms with Crippen molar-refractivity contribution in [2.45, 2.75) is 32.0 Å². The number of anilines is 1. The zero-order chi connectivity index (χ0) is 13.2. The minimum Gasteiger partial charge on any atom is -0.399 e. The number of benzene rings is 1.